The summed E-state index contributed by atoms with van der Waals surface area (Å²) in [6.45, 7) is 0.565. The van der Waals surface area contributed by atoms with E-state index in [1.165, 1.54) is 0 Å². The molecule has 0 saturated carbocycles. The molecule has 2 atom stereocenters. The molecule has 3 amide bonds. The maximum atomic E-state index is 11.7. The van der Waals surface area contributed by atoms with Crippen molar-refractivity contribution in [2.75, 3.05) is 19.8 Å². The molecule has 8 nitrogen and oxygen atoms in total. The maximum absolute atomic E-state index is 11.7. The van der Waals surface area contributed by atoms with Crippen LogP contribution in [0.15, 0.2) is 0 Å². The van der Waals surface area contributed by atoms with Crippen LogP contribution >= 0.6 is 0 Å². The molecule has 2 saturated heterocycles. The number of hydrogen-bond acceptors (Lipinski definition) is 4. The Morgan fingerprint density at radius 3 is 2.84 bits per heavy atom. The first-order valence-corrected chi connectivity index (χ1v) is 6.18. The molecule has 0 aliphatic carbocycles. The normalized spacial score (nSPS) is 29.9. The van der Waals surface area contributed by atoms with Gasteiger partial charge in [-0.15, -0.1) is 0 Å². The molecule has 19 heavy (non-hydrogen) atoms. The van der Waals surface area contributed by atoms with Gasteiger partial charge in [0.25, 0.3) is 0 Å². The van der Waals surface area contributed by atoms with Crippen molar-refractivity contribution in [1.29, 1.82) is 0 Å². The lowest BCUT2D eigenvalue weighted by Crippen LogP contribution is -2.58. The predicted octanol–water partition coefficient (Wildman–Crippen LogP) is -1.19. The maximum Gasteiger partial charge on any atom is 0.332 e. The second-order valence-corrected chi connectivity index (χ2v) is 4.83. The van der Waals surface area contributed by atoms with Crippen LogP contribution in [0.1, 0.15) is 19.3 Å². The van der Waals surface area contributed by atoms with Gasteiger partial charge >= 0.3 is 12.0 Å². The highest BCUT2D eigenvalue weighted by atomic mass is 16.5. The number of carbonyl (C=O) groups is 3. The monoisotopic (exact) mass is 271 g/mol. The summed E-state index contributed by atoms with van der Waals surface area (Å²) in [4.78, 5) is 33.9. The largest absolute Gasteiger partial charge is 0.479 e. The number of nitrogens with one attached hydrogen (secondary N) is 3. The van der Waals surface area contributed by atoms with E-state index < -0.39 is 17.5 Å². The van der Waals surface area contributed by atoms with Gasteiger partial charge in [-0.1, -0.05) is 0 Å². The van der Waals surface area contributed by atoms with Crippen LogP contribution in [-0.2, 0) is 14.3 Å². The van der Waals surface area contributed by atoms with Crippen LogP contribution in [0.25, 0.3) is 0 Å². The molecule has 0 bridgehead atoms. The molecule has 2 aliphatic rings. The standard InChI is InChI=1S/C11H17N3O5/c15-8-2-1-7(13-8)5-12-10(18)14-11(9(16)17)3-4-19-6-11/h7H,1-6H2,(H,13,15)(H,16,17)(H2,12,14,18). The Morgan fingerprint density at radius 2 is 2.32 bits per heavy atom. The Bertz CT molecular complexity index is 392. The van der Waals surface area contributed by atoms with Crippen molar-refractivity contribution >= 4 is 17.9 Å². The summed E-state index contributed by atoms with van der Waals surface area (Å²) >= 11 is 0. The van der Waals surface area contributed by atoms with Crippen LogP contribution in [0.3, 0.4) is 0 Å². The van der Waals surface area contributed by atoms with Crippen LogP contribution in [0.5, 0.6) is 0 Å². The number of ether oxygens (including phenoxy) is 1. The molecule has 2 rings (SSSR count). The fraction of sp³-hybridized carbons (Fsp3) is 0.727. The molecule has 2 aliphatic heterocycles. The highest BCUT2D eigenvalue weighted by Gasteiger charge is 2.44. The van der Waals surface area contributed by atoms with E-state index in [9.17, 15) is 14.4 Å². The zero-order valence-corrected chi connectivity index (χ0v) is 10.4. The summed E-state index contributed by atoms with van der Waals surface area (Å²) in [6, 6.07) is -0.645. The average molecular weight is 271 g/mol. The van der Waals surface area contributed by atoms with Gasteiger partial charge < -0.3 is 25.8 Å². The van der Waals surface area contributed by atoms with E-state index in [-0.39, 0.29) is 31.5 Å². The van der Waals surface area contributed by atoms with Crippen molar-refractivity contribution in [2.45, 2.75) is 30.8 Å². The molecule has 0 aromatic heterocycles. The molecule has 0 radical (unpaired) electrons. The van der Waals surface area contributed by atoms with E-state index in [0.29, 0.717) is 19.4 Å². The second kappa shape index (κ2) is 5.43. The topological polar surface area (TPSA) is 117 Å². The Hall–Kier alpha value is -1.83. The summed E-state index contributed by atoms with van der Waals surface area (Å²) in [5.41, 5.74) is -1.34. The molecule has 0 aromatic rings. The lowest BCUT2D eigenvalue weighted by Gasteiger charge is -2.24. The Balaban J connectivity index is 1.80. The first kappa shape index (κ1) is 13.6. The van der Waals surface area contributed by atoms with Gasteiger partial charge in [0.15, 0.2) is 5.54 Å². The van der Waals surface area contributed by atoms with Gasteiger partial charge in [-0.05, 0) is 6.42 Å². The second-order valence-electron chi connectivity index (χ2n) is 4.83. The number of rotatable bonds is 4. The number of carboxylic acids is 1. The van der Waals surface area contributed by atoms with Gasteiger partial charge in [0.05, 0.1) is 6.61 Å². The first-order chi connectivity index (χ1) is 9.02. The summed E-state index contributed by atoms with van der Waals surface area (Å²) in [5.74, 6) is -1.13. The molecule has 106 valence electrons. The van der Waals surface area contributed by atoms with Gasteiger partial charge in [-0.25, -0.2) is 9.59 Å². The number of aliphatic carboxylic acids is 1. The number of carbonyl (C=O) groups excluding carboxylic acids is 2. The molecule has 4 N–H and O–H groups in total. The van der Waals surface area contributed by atoms with Crippen LogP contribution in [0, 0.1) is 0 Å². The number of urea groups is 1. The molecule has 2 unspecified atom stereocenters. The summed E-state index contributed by atoms with van der Waals surface area (Å²) in [5, 5.41) is 16.9. The van der Waals surface area contributed by atoms with Crippen molar-refractivity contribution in [3.05, 3.63) is 0 Å². The molecule has 2 fully saturated rings. The number of hydrogen-bond donors (Lipinski definition) is 4. The quantitative estimate of drug-likeness (QED) is 0.513. The van der Waals surface area contributed by atoms with Crippen LogP contribution in [0.4, 0.5) is 4.79 Å². The highest BCUT2D eigenvalue weighted by Crippen LogP contribution is 2.18. The van der Waals surface area contributed by atoms with E-state index in [1.807, 2.05) is 0 Å². The van der Waals surface area contributed by atoms with E-state index in [2.05, 4.69) is 16.0 Å². The van der Waals surface area contributed by atoms with Gasteiger partial charge in [0, 0.05) is 32.0 Å². The van der Waals surface area contributed by atoms with Crippen molar-refractivity contribution < 1.29 is 24.2 Å². The van der Waals surface area contributed by atoms with Crippen molar-refractivity contribution in [3.8, 4) is 0 Å². The third kappa shape index (κ3) is 3.14. The van der Waals surface area contributed by atoms with E-state index in [1.54, 1.807) is 0 Å². The number of carboxylic acid groups (broad SMARTS) is 1. The van der Waals surface area contributed by atoms with Crippen LogP contribution in [-0.4, -0.2) is 54.4 Å². The van der Waals surface area contributed by atoms with Gasteiger partial charge in [0.1, 0.15) is 0 Å². The van der Waals surface area contributed by atoms with Gasteiger partial charge in [-0.3, -0.25) is 4.79 Å². The lowest BCUT2D eigenvalue weighted by molar-refractivity contribution is -0.144. The Morgan fingerprint density at radius 1 is 1.53 bits per heavy atom. The zero-order valence-electron chi connectivity index (χ0n) is 10.4. The Kier molecular flexibility index (Phi) is 3.89. The fourth-order valence-electron chi connectivity index (χ4n) is 2.19. The molecule has 2 heterocycles. The molecule has 0 spiro atoms. The summed E-state index contributed by atoms with van der Waals surface area (Å²) < 4.78 is 5.03. The van der Waals surface area contributed by atoms with Gasteiger partial charge in [0.2, 0.25) is 5.91 Å². The van der Waals surface area contributed by atoms with E-state index >= 15 is 0 Å². The summed E-state index contributed by atoms with van der Waals surface area (Å²) in [7, 11) is 0. The zero-order chi connectivity index (χ0) is 13.9. The van der Waals surface area contributed by atoms with E-state index in [4.69, 9.17) is 9.84 Å². The molecule has 8 heteroatoms. The van der Waals surface area contributed by atoms with Gasteiger partial charge in [-0.2, -0.15) is 0 Å². The Labute approximate surface area is 109 Å². The van der Waals surface area contributed by atoms with E-state index in [0.717, 1.165) is 0 Å². The molecule has 0 aromatic carbocycles. The number of amides is 3. The molecular formula is C11H17N3O5. The minimum absolute atomic E-state index is 0.0293. The highest BCUT2D eigenvalue weighted by molar-refractivity contribution is 5.86. The predicted molar refractivity (Wildman–Crippen MR) is 63.5 cm³/mol. The first-order valence-electron chi connectivity index (χ1n) is 6.18. The van der Waals surface area contributed by atoms with Crippen LogP contribution < -0.4 is 16.0 Å². The lowest BCUT2D eigenvalue weighted by atomic mass is 9.99. The van der Waals surface area contributed by atoms with Crippen LogP contribution in [0.2, 0.25) is 0 Å². The smallest absolute Gasteiger partial charge is 0.332 e. The molecular weight excluding hydrogens is 254 g/mol. The van der Waals surface area contributed by atoms with Crippen molar-refractivity contribution in [2.24, 2.45) is 0 Å². The average Bonchev–Trinajstić information content (AvgIpc) is 2.97. The SMILES string of the molecule is O=C1CCC(CNC(=O)NC2(C(=O)O)CCOC2)N1. The third-order valence-corrected chi connectivity index (χ3v) is 3.38. The van der Waals surface area contributed by atoms with Crippen molar-refractivity contribution in [1.82, 2.24) is 16.0 Å². The summed E-state index contributed by atoms with van der Waals surface area (Å²) in [6.07, 6.45) is 1.38. The minimum atomic E-state index is -1.34. The fourth-order valence-corrected chi connectivity index (χ4v) is 2.19. The minimum Gasteiger partial charge on any atom is -0.479 e. The van der Waals surface area contributed by atoms with Crippen molar-refractivity contribution in [3.63, 3.8) is 0 Å². The third-order valence-electron chi connectivity index (χ3n) is 3.38.